The Bertz CT molecular complexity index is 3670. The van der Waals surface area contributed by atoms with Gasteiger partial charge in [-0.25, -0.2) is 0 Å². The van der Waals surface area contributed by atoms with Crippen LogP contribution in [0.4, 0.5) is 28.4 Å². The van der Waals surface area contributed by atoms with Crippen LogP contribution in [0.15, 0.2) is 114 Å². The van der Waals surface area contributed by atoms with Crippen molar-refractivity contribution in [1.29, 1.82) is 0 Å². The Morgan fingerprint density at radius 1 is 0.435 bits per heavy atom. The summed E-state index contributed by atoms with van der Waals surface area (Å²) in [5, 5.41) is 2.34. The van der Waals surface area contributed by atoms with Crippen LogP contribution in [-0.2, 0) is 32.5 Å². The monoisotopic (exact) mass is 901 g/mol. The third kappa shape index (κ3) is 5.16. The van der Waals surface area contributed by atoms with Crippen molar-refractivity contribution in [1.82, 2.24) is 0 Å². The molecule has 344 valence electrons. The zero-order valence-corrected chi connectivity index (χ0v) is 43.1. The molecular formula is C65H65BN2O. The number of anilines is 5. The van der Waals surface area contributed by atoms with Gasteiger partial charge in [0.05, 0.1) is 5.69 Å². The molecule has 1 aromatic heterocycles. The van der Waals surface area contributed by atoms with E-state index in [1.54, 1.807) is 0 Å². The highest BCUT2D eigenvalue weighted by Gasteiger charge is 2.53. The number of furan rings is 1. The molecule has 0 fully saturated rings. The molecule has 0 N–H and O–H groups in total. The van der Waals surface area contributed by atoms with Crippen LogP contribution in [0.2, 0.25) is 0 Å². The van der Waals surface area contributed by atoms with Gasteiger partial charge in [0.1, 0.15) is 5.58 Å². The zero-order valence-electron chi connectivity index (χ0n) is 43.1. The second-order valence-electron chi connectivity index (χ2n) is 25.9. The van der Waals surface area contributed by atoms with Crippen LogP contribution in [0.1, 0.15) is 159 Å². The molecule has 69 heavy (non-hydrogen) atoms. The Kier molecular flexibility index (Phi) is 7.81. The molecule has 3 aliphatic carbocycles. The quantitative estimate of drug-likeness (QED) is 0.153. The number of benzene rings is 7. The Labute approximate surface area is 410 Å². The van der Waals surface area contributed by atoms with E-state index >= 15 is 0 Å². The van der Waals surface area contributed by atoms with Gasteiger partial charge in [-0.05, 0) is 168 Å². The van der Waals surface area contributed by atoms with Crippen LogP contribution in [0.3, 0.4) is 0 Å². The van der Waals surface area contributed by atoms with Crippen LogP contribution in [0, 0.1) is 6.92 Å². The van der Waals surface area contributed by atoms with Crippen LogP contribution in [0.5, 0.6) is 0 Å². The second-order valence-corrected chi connectivity index (χ2v) is 25.9. The van der Waals surface area contributed by atoms with Gasteiger partial charge in [-0.2, -0.15) is 0 Å². The highest BCUT2D eigenvalue weighted by molar-refractivity contribution is 6.94. The minimum atomic E-state index is -0.208. The molecule has 0 bridgehead atoms. The number of nitrogens with zero attached hydrogens (tertiary/aromatic N) is 2. The topological polar surface area (TPSA) is 19.6 Å². The maximum absolute atomic E-state index is 7.34. The second kappa shape index (κ2) is 12.9. The molecular weight excluding hydrogens is 836 g/mol. The number of hydrogen-bond acceptors (Lipinski definition) is 3. The van der Waals surface area contributed by atoms with Crippen molar-refractivity contribution in [2.75, 3.05) is 9.71 Å². The van der Waals surface area contributed by atoms with E-state index in [0.717, 1.165) is 23.0 Å². The number of rotatable bonds is 1. The van der Waals surface area contributed by atoms with Gasteiger partial charge in [0.2, 0.25) is 0 Å². The molecule has 14 rings (SSSR count). The third-order valence-electron chi connectivity index (χ3n) is 19.3. The number of fused-ring (bicyclic) bond motifs is 15. The number of aryl methyl sites for hydroxylation is 1. The summed E-state index contributed by atoms with van der Waals surface area (Å²) in [6, 6.07) is 43.4. The molecule has 0 saturated carbocycles. The van der Waals surface area contributed by atoms with E-state index in [4.69, 9.17) is 4.42 Å². The molecule has 3 nitrogen and oxygen atoms in total. The zero-order chi connectivity index (χ0) is 47.9. The van der Waals surface area contributed by atoms with E-state index in [1.165, 1.54) is 136 Å². The van der Waals surface area contributed by atoms with E-state index in [0.29, 0.717) is 0 Å². The summed E-state index contributed by atoms with van der Waals surface area (Å²) in [4.78, 5) is 5.46. The van der Waals surface area contributed by atoms with Gasteiger partial charge in [0.25, 0.3) is 0 Å². The first kappa shape index (κ1) is 41.9. The van der Waals surface area contributed by atoms with Crippen molar-refractivity contribution in [2.45, 2.75) is 148 Å². The molecule has 8 aromatic rings. The van der Waals surface area contributed by atoms with Gasteiger partial charge >= 0.3 is 6.85 Å². The maximum Gasteiger partial charge on any atom is 0.333 e. The number of para-hydroxylation sites is 3. The van der Waals surface area contributed by atoms with Crippen LogP contribution >= 0.6 is 0 Å². The normalized spacial score (nSPS) is 20.3. The van der Waals surface area contributed by atoms with Crippen molar-refractivity contribution in [3.63, 3.8) is 0 Å². The van der Waals surface area contributed by atoms with Gasteiger partial charge in [0.15, 0.2) is 5.58 Å². The van der Waals surface area contributed by atoms with Crippen LogP contribution < -0.4 is 20.6 Å². The number of hydrogen-bond donors (Lipinski definition) is 0. The van der Waals surface area contributed by atoms with E-state index in [2.05, 4.69) is 209 Å². The molecule has 0 radical (unpaired) electrons. The molecule has 0 atom stereocenters. The fourth-order valence-corrected chi connectivity index (χ4v) is 14.9. The predicted molar refractivity (Wildman–Crippen MR) is 292 cm³/mol. The van der Waals surface area contributed by atoms with Gasteiger partial charge < -0.3 is 14.1 Å². The first-order valence-corrected chi connectivity index (χ1v) is 26.0. The van der Waals surface area contributed by atoms with E-state index < -0.39 is 0 Å². The van der Waals surface area contributed by atoms with Crippen molar-refractivity contribution in [2.24, 2.45) is 0 Å². The van der Waals surface area contributed by atoms with Crippen LogP contribution in [0.25, 0.3) is 44.2 Å². The molecule has 4 heteroatoms. The Morgan fingerprint density at radius 3 is 1.74 bits per heavy atom. The molecule has 0 spiro atoms. The lowest BCUT2D eigenvalue weighted by molar-refractivity contribution is 0.331. The Hall–Kier alpha value is -6.00. The molecule has 7 aromatic carbocycles. The smallest absolute Gasteiger partial charge is 0.333 e. The van der Waals surface area contributed by atoms with Crippen LogP contribution in [-0.4, -0.2) is 6.85 Å². The summed E-state index contributed by atoms with van der Waals surface area (Å²) in [6.45, 7) is 31.9. The van der Waals surface area contributed by atoms with Gasteiger partial charge in [0, 0.05) is 49.9 Å². The van der Waals surface area contributed by atoms with E-state index in [1.807, 2.05) is 0 Å². The van der Waals surface area contributed by atoms with E-state index in [9.17, 15) is 0 Å². The first-order valence-electron chi connectivity index (χ1n) is 26.0. The molecule has 4 heterocycles. The Morgan fingerprint density at radius 2 is 1.01 bits per heavy atom. The summed E-state index contributed by atoms with van der Waals surface area (Å²) < 4.78 is 7.34. The predicted octanol–water partition coefficient (Wildman–Crippen LogP) is 16.2. The lowest BCUT2D eigenvalue weighted by atomic mass is 9.42. The minimum absolute atomic E-state index is 0.0273. The van der Waals surface area contributed by atoms with Crippen molar-refractivity contribution in [3.05, 3.63) is 159 Å². The summed E-state index contributed by atoms with van der Waals surface area (Å²) in [5.74, 6) is 0. The lowest BCUT2D eigenvalue weighted by Crippen LogP contribution is -2.63. The Balaban J connectivity index is 1.17. The molecule has 3 aliphatic heterocycles. The SMILES string of the molecule is Cc1cc2c(cc1N1c3cc4c(cc3B3c5c(cc6c(oc7ccccc76)c51)-c1cccc5c1N3c1ccccc1C5(C)C)C(C)(C)c1cc3c(cc1-4)C(C)(C)CCC3(C)C)C(C)(C)CCC2(C)C. The van der Waals surface area contributed by atoms with Crippen molar-refractivity contribution >= 4 is 68.1 Å². The van der Waals surface area contributed by atoms with Gasteiger partial charge in [-0.1, -0.05) is 156 Å². The van der Waals surface area contributed by atoms with Gasteiger partial charge in [-0.15, -0.1) is 0 Å². The lowest BCUT2D eigenvalue weighted by Gasteiger charge is -2.51. The average Bonchev–Trinajstić information content (AvgIpc) is 3.79. The molecule has 0 amide bonds. The molecule has 0 saturated heterocycles. The fourth-order valence-electron chi connectivity index (χ4n) is 14.9. The van der Waals surface area contributed by atoms with Crippen molar-refractivity contribution in [3.8, 4) is 22.3 Å². The fraction of sp³-hybridized carbons (Fsp3) is 0.354. The van der Waals surface area contributed by atoms with Crippen molar-refractivity contribution < 1.29 is 4.42 Å². The minimum Gasteiger partial charge on any atom is -0.454 e. The van der Waals surface area contributed by atoms with E-state index in [-0.39, 0.29) is 39.3 Å². The highest BCUT2D eigenvalue weighted by Crippen LogP contribution is 2.61. The standard InChI is InChI=1S/C65H65BN2O/c1-36-29-47-50(63(8,9)28-25-60(47,2)3)35-53(36)67-54-32-40-39-31-48-49(62(6,7)27-26-61(48,4)5)33-45(39)65(12,13)46(40)34-51(54)66-56-41(30-42-37-19-14-17-24-55(37)69-59(42)58(56)67)38-20-18-22-44-57(38)68(66)52-23-16-15-21-43(52)64(44,10)11/h14-24,29-35H,25-28H2,1-13H3. The summed E-state index contributed by atoms with van der Waals surface area (Å²) in [5.41, 5.74) is 29.2. The molecule has 6 aliphatic rings. The third-order valence-corrected chi connectivity index (χ3v) is 19.3. The average molecular weight is 901 g/mol. The summed E-state index contributed by atoms with van der Waals surface area (Å²) in [7, 11) is 0. The first-order chi connectivity index (χ1) is 32.6. The summed E-state index contributed by atoms with van der Waals surface area (Å²) >= 11 is 0. The van der Waals surface area contributed by atoms with Gasteiger partial charge in [-0.3, -0.25) is 0 Å². The maximum atomic E-state index is 7.34. The largest absolute Gasteiger partial charge is 0.454 e. The molecule has 0 unspecified atom stereocenters. The highest BCUT2D eigenvalue weighted by atomic mass is 16.3. The summed E-state index contributed by atoms with van der Waals surface area (Å²) in [6.07, 6.45) is 4.73.